The van der Waals surface area contributed by atoms with Crippen LogP contribution in [-0.2, 0) is 14.3 Å². The van der Waals surface area contributed by atoms with Crippen LogP contribution in [0.3, 0.4) is 0 Å². The van der Waals surface area contributed by atoms with Crippen LogP contribution in [0.4, 0.5) is 0 Å². The highest BCUT2D eigenvalue weighted by Gasteiger charge is 2.42. The lowest BCUT2D eigenvalue weighted by Gasteiger charge is -2.42. The van der Waals surface area contributed by atoms with Gasteiger partial charge in [-0.25, -0.2) is 0 Å². The number of carbonyl (C=O) groups excluding carboxylic acids is 1. The molecule has 8 unspecified atom stereocenters. The summed E-state index contributed by atoms with van der Waals surface area (Å²) in [6, 6.07) is -0.779. The fourth-order valence-corrected chi connectivity index (χ4v) is 4.75. The normalized spacial score (nSPS) is 40.4. The van der Waals surface area contributed by atoms with E-state index in [1.165, 1.54) is 0 Å². The predicted octanol–water partition coefficient (Wildman–Crippen LogP) is 2.47. The third-order valence-electron chi connectivity index (χ3n) is 6.96. The lowest BCUT2D eigenvalue weighted by Crippen LogP contribution is -2.61. The molecule has 7 heteroatoms. The third kappa shape index (κ3) is 7.16. The van der Waals surface area contributed by atoms with Gasteiger partial charge in [0.2, 0.25) is 5.91 Å². The maximum Gasteiger partial charge on any atom is 0.223 e. The third-order valence-corrected chi connectivity index (χ3v) is 6.96. The average Bonchev–Trinajstić information content (AvgIpc) is 2.74. The maximum atomic E-state index is 12.4. The van der Waals surface area contributed by atoms with E-state index in [1.54, 1.807) is 6.92 Å². The Morgan fingerprint density at radius 3 is 2.40 bits per heavy atom. The molecule has 0 aromatic heterocycles. The van der Waals surface area contributed by atoms with Gasteiger partial charge in [0.05, 0.1) is 24.4 Å². The van der Waals surface area contributed by atoms with Gasteiger partial charge in [-0.3, -0.25) is 4.79 Å². The first-order valence-corrected chi connectivity index (χ1v) is 12.1. The Bertz CT molecular complexity index is 506. The van der Waals surface area contributed by atoms with E-state index in [0.29, 0.717) is 12.5 Å². The van der Waals surface area contributed by atoms with E-state index in [0.717, 1.165) is 64.2 Å². The van der Waals surface area contributed by atoms with Gasteiger partial charge in [0, 0.05) is 12.5 Å². The second-order valence-corrected chi connectivity index (χ2v) is 9.14. The molecule has 0 bridgehead atoms. The maximum absolute atomic E-state index is 12.4. The summed E-state index contributed by atoms with van der Waals surface area (Å²) in [4.78, 5) is 12.4. The van der Waals surface area contributed by atoms with Crippen molar-refractivity contribution < 1.29 is 24.5 Å². The molecule has 2 saturated heterocycles. The standard InChI is InChI=1S/C23H44N2O5/c1-4-16-12-10-14-25-22(28)17(5-2)11-8-6-7-9-13-18(16)30-23-21(27)19(24)20(26)15(3)29-23/h15-21,23,26-27H,4-14,24H2,1-3H3,(H,25,28). The van der Waals surface area contributed by atoms with Crippen LogP contribution in [0.2, 0.25) is 0 Å². The molecule has 7 nitrogen and oxygen atoms in total. The predicted molar refractivity (Wildman–Crippen MR) is 117 cm³/mol. The van der Waals surface area contributed by atoms with Gasteiger partial charge >= 0.3 is 0 Å². The Morgan fingerprint density at radius 2 is 1.73 bits per heavy atom. The topological polar surface area (TPSA) is 114 Å². The minimum absolute atomic E-state index is 0.0358. The number of amides is 1. The number of rotatable bonds is 4. The average molecular weight is 429 g/mol. The van der Waals surface area contributed by atoms with E-state index in [2.05, 4.69) is 19.2 Å². The quantitative estimate of drug-likeness (QED) is 0.547. The fraction of sp³-hybridized carbons (Fsp3) is 0.957. The summed E-state index contributed by atoms with van der Waals surface area (Å²) in [7, 11) is 0. The van der Waals surface area contributed by atoms with Crippen molar-refractivity contribution in [1.29, 1.82) is 0 Å². The second-order valence-electron chi connectivity index (χ2n) is 9.14. The number of carbonyl (C=O) groups is 1. The van der Waals surface area contributed by atoms with Crippen LogP contribution in [0.1, 0.15) is 85.0 Å². The van der Waals surface area contributed by atoms with E-state index >= 15 is 0 Å². The smallest absolute Gasteiger partial charge is 0.223 e. The Balaban J connectivity index is 2.01. The van der Waals surface area contributed by atoms with Gasteiger partial charge in [0.25, 0.3) is 0 Å². The number of hydrogen-bond donors (Lipinski definition) is 4. The molecule has 176 valence electrons. The van der Waals surface area contributed by atoms with Gasteiger partial charge in [-0.15, -0.1) is 0 Å². The van der Waals surface area contributed by atoms with Crippen molar-refractivity contribution in [2.45, 2.75) is 122 Å². The lowest BCUT2D eigenvalue weighted by atomic mass is 9.89. The highest BCUT2D eigenvalue weighted by atomic mass is 16.7. The van der Waals surface area contributed by atoms with Crippen LogP contribution in [0, 0.1) is 11.8 Å². The molecule has 0 saturated carbocycles. The minimum Gasteiger partial charge on any atom is -0.389 e. The highest BCUT2D eigenvalue weighted by molar-refractivity contribution is 5.78. The molecule has 5 N–H and O–H groups in total. The van der Waals surface area contributed by atoms with E-state index in [9.17, 15) is 15.0 Å². The van der Waals surface area contributed by atoms with Crippen molar-refractivity contribution in [3.05, 3.63) is 0 Å². The van der Waals surface area contributed by atoms with Crippen LogP contribution < -0.4 is 11.1 Å². The highest BCUT2D eigenvalue weighted by Crippen LogP contribution is 2.29. The minimum atomic E-state index is -1.05. The zero-order chi connectivity index (χ0) is 22.1. The molecule has 2 aliphatic rings. The van der Waals surface area contributed by atoms with E-state index < -0.39 is 30.6 Å². The summed E-state index contributed by atoms with van der Waals surface area (Å²) in [6.07, 6.45) is 6.66. The number of ether oxygens (including phenoxy) is 2. The van der Waals surface area contributed by atoms with Crippen LogP contribution in [0.25, 0.3) is 0 Å². The summed E-state index contributed by atoms with van der Waals surface area (Å²) >= 11 is 0. The molecule has 1 amide bonds. The van der Waals surface area contributed by atoms with E-state index in [-0.39, 0.29) is 17.9 Å². The van der Waals surface area contributed by atoms with Gasteiger partial charge < -0.3 is 30.7 Å². The van der Waals surface area contributed by atoms with Gasteiger partial charge in [-0.2, -0.15) is 0 Å². The molecule has 0 aromatic rings. The molecule has 2 fully saturated rings. The van der Waals surface area contributed by atoms with Crippen LogP contribution in [0.15, 0.2) is 0 Å². The monoisotopic (exact) mass is 428 g/mol. The SMILES string of the molecule is CCC1CCCCCCC(OC2OC(C)C(O)C(N)C2O)C(CC)CCCNC1=O. The number of aliphatic hydroxyl groups excluding tert-OH is 2. The van der Waals surface area contributed by atoms with Gasteiger partial charge in [0.15, 0.2) is 6.29 Å². The van der Waals surface area contributed by atoms with Crippen molar-refractivity contribution in [3.63, 3.8) is 0 Å². The van der Waals surface area contributed by atoms with E-state index in [4.69, 9.17) is 15.2 Å². The summed E-state index contributed by atoms with van der Waals surface area (Å²) in [5.74, 6) is 0.647. The molecule has 2 heterocycles. The lowest BCUT2D eigenvalue weighted by molar-refractivity contribution is -0.286. The summed E-state index contributed by atoms with van der Waals surface area (Å²) in [5, 5.41) is 23.7. The zero-order valence-electron chi connectivity index (χ0n) is 19.1. The number of hydrogen-bond acceptors (Lipinski definition) is 6. The molecule has 2 aliphatic heterocycles. The van der Waals surface area contributed by atoms with Gasteiger partial charge in [-0.05, 0) is 44.9 Å². The Morgan fingerprint density at radius 1 is 1.03 bits per heavy atom. The van der Waals surface area contributed by atoms with Crippen LogP contribution in [-0.4, -0.2) is 59.4 Å². The molecular formula is C23H44N2O5. The van der Waals surface area contributed by atoms with Crippen molar-refractivity contribution in [2.24, 2.45) is 17.6 Å². The van der Waals surface area contributed by atoms with Gasteiger partial charge in [0.1, 0.15) is 6.10 Å². The molecule has 2 rings (SSSR count). The number of nitrogens with two attached hydrogens (primary N) is 1. The summed E-state index contributed by atoms with van der Waals surface area (Å²) in [6.45, 7) is 6.70. The Hall–Kier alpha value is -0.730. The molecule has 8 atom stereocenters. The second kappa shape index (κ2) is 13.0. The van der Waals surface area contributed by atoms with Crippen LogP contribution in [0.5, 0.6) is 0 Å². The van der Waals surface area contributed by atoms with Crippen molar-refractivity contribution >= 4 is 5.91 Å². The summed E-state index contributed by atoms with van der Waals surface area (Å²) in [5.41, 5.74) is 5.98. The molecule has 0 aliphatic carbocycles. The molecule has 30 heavy (non-hydrogen) atoms. The Labute approximate surface area is 182 Å². The fourth-order valence-electron chi connectivity index (χ4n) is 4.75. The zero-order valence-corrected chi connectivity index (χ0v) is 19.1. The van der Waals surface area contributed by atoms with Gasteiger partial charge in [-0.1, -0.05) is 46.0 Å². The van der Waals surface area contributed by atoms with Crippen molar-refractivity contribution in [2.75, 3.05) is 6.54 Å². The van der Waals surface area contributed by atoms with Crippen LogP contribution >= 0.6 is 0 Å². The first-order valence-electron chi connectivity index (χ1n) is 12.1. The first kappa shape index (κ1) is 25.5. The molecule has 0 spiro atoms. The molecular weight excluding hydrogens is 384 g/mol. The first-order chi connectivity index (χ1) is 14.4. The number of aliphatic hydroxyl groups is 2. The molecule has 0 radical (unpaired) electrons. The Kier molecular flexibility index (Phi) is 11.0. The van der Waals surface area contributed by atoms with E-state index in [1.807, 2.05) is 0 Å². The summed E-state index contributed by atoms with van der Waals surface area (Å²) < 4.78 is 12.1. The van der Waals surface area contributed by atoms with Crippen molar-refractivity contribution in [3.8, 4) is 0 Å². The molecule has 0 aromatic carbocycles. The number of nitrogens with one attached hydrogen (secondary N) is 1. The van der Waals surface area contributed by atoms with Crippen molar-refractivity contribution in [1.82, 2.24) is 5.32 Å². The largest absolute Gasteiger partial charge is 0.389 e.